The fourth-order valence-electron chi connectivity index (χ4n) is 1.15. The fourth-order valence-corrected chi connectivity index (χ4v) is 1.15. The Bertz CT molecular complexity index is 337. The van der Waals surface area contributed by atoms with E-state index in [9.17, 15) is 0 Å². The first kappa shape index (κ1) is 11.5. The van der Waals surface area contributed by atoms with Gasteiger partial charge in [-0.05, 0) is 12.1 Å². The van der Waals surface area contributed by atoms with Crippen LogP contribution in [0.3, 0.4) is 0 Å². The van der Waals surface area contributed by atoms with Gasteiger partial charge in [0.25, 0.3) is 0 Å². The van der Waals surface area contributed by atoms with E-state index in [-0.39, 0.29) is 6.61 Å². The van der Waals surface area contributed by atoms with Crippen LogP contribution in [0, 0.1) is 0 Å². The van der Waals surface area contributed by atoms with Crippen molar-refractivity contribution in [2.45, 2.75) is 0 Å². The van der Waals surface area contributed by atoms with Gasteiger partial charge in [0.05, 0.1) is 27.4 Å². The highest BCUT2D eigenvalue weighted by Gasteiger charge is 2.01. The SMILES string of the molecule is COc1ccc(C=NCCO)c(OC)c1. The van der Waals surface area contributed by atoms with Crippen LogP contribution in [0.4, 0.5) is 0 Å². The Kier molecular flexibility index (Phi) is 4.63. The van der Waals surface area contributed by atoms with Gasteiger partial charge in [0.2, 0.25) is 0 Å². The van der Waals surface area contributed by atoms with E-state index in [1.54, 1.807) is 26.5 Å². The number of rotatable bonds is 5. The standard InChI is InChI=1S/C11H15NO3/c1-14-10-4-3-9(8-12-5-6-13)11(7-10)15-2/h3-4,7-8,13H,5-6H2,1-2H3. The number of methoxy groups -OCH3 is 2. The first-order valence-electron chi connectivity index (χ1n) is 4.64. The number of benzene rings is 1. The van der Waals surface area contributed by atoms with Crippen LogP contribution >= 0.6 is 0 Å². The van der Waals surface area contributed by atoms with Crippen LogP contribution in [0.1, 0.15) is 5.56 Å². The van der Waals surface area contributed by atoms with Crippen molar-refractivity contribution in [3.63, 3.8) is 0 Å². The molecular weight excluding hydrogens is 194 g/mol. The normalized spacial score (nSPS) is 10.6. The Hall–Kier alpha value is -1.55. The van der Waals surface area contributed by atoms with E-state index in [0.29, 0.717) is 12.3 Å². The van der Waals surface area contributed by atoms with Crippen LogP contribution in [-0.2, 0) is 0 Å². The van der Waals surface area contributed by atoms with Crippen molar-refractivity contribution in [2.75, 3.05) is 27.4 Å². The minimum absolute atomic E-state index is 0.0506. The molecule has 0 aliphatic carbocycles. The first-order chi connectivity index (χ1) is 7.31. The third kappa shape index (κ3) is 3.25. The second-order valence-corrected chi connectivity index (χ2v) is 2.87. The molecule has 0 atom stereocenters. The Morgan fingerprint density at radius 3 is 2.73 bits per heavy atom. The number of hydrogen-bond donors (Lipinski definition) is 1. The molecular formula is C11H15NO3. The summed E-state index contributed by atoms with van der Waals surface area (Å²) in [6.07, 6.45) is 1.68. The molecule has 4 nitrogen and oxygen atoms in total. The molecule has 0 bridgehead atoms. The molecule has 0 aliphatic rings. The van der Waals surface area contributed by atoms with E-state index in [2.05, 4.69) is 4.99 Å². The fraction of sp³-hybridized carbons (Fsp3) is 0.364. The molecule has 0 amide bonds. The van der Waals surface area contributed by atoms with Gasteiger partial charge in [-0.25, -0.2) is 0 Å². The molecule has 0 fully saturated rings. The Balaban J connectivity index is 2.87. The van der Waals surface area contributed by atoms with Gasteiger partial charge in [-0.1, -0.05) is 0 Å². The van der Waals surface area contributed by atoms with Crippen LogP contribution in [-0.4, -0.2) is 38.7 Å². The zero-order valence-electron chi connectivity index (χ0n) is 8.93. The lowest BCUT2D eigenvalue weighted by atomic mass is 10.2. The number of hydrogen-bond acceptors (Lipinski definition) is 4. The van der Waals surface area contributed by atoms with Gasteiger partial charge >= 0.3 is 0 Å². The minimum atomic E-state index is 0.0506. The maximum Gasteiger partial charge on any atom is 0.131 e. The van der Waals surface area contributed by atoms with Gasteiger partial charge in [0.15, 0.2) is 0 Å². The molecule has 1 N–H and O–H groups in total. The zero-order valence-corrected chi connectivity index (χ0v) is 8.93. The van der Waals surface area contributed by atoms with Crippen molar-refractivity contribution in [1.29, 1.82) is 0 Å². The Morgan fingerprint density at radius 2 is 2.13 bits per heavy atom. The lowest BCUT2D eigenvalue weighted by Crippen LogP contribution is -1.94. The smallest absolute Gasteiger partial charge is 0.131 e. The number of aliphatic hydroxyl groups excluding tert-OH is 1. The molecule has 0 aromatic heterocycles. The number of ether oxygens (including phenoxy) is 2. The van der Waals surface area contributed by atoms with E-state index in [1.165, 1.54) is 0 Å². The van der Waals surface area contributed by atoms with Crippen LogP contribution in [0.25, 0.3) is 0 Å². The van der Waals surface area contributed by atoms with Crippen molar-refractivity contribution in [1.82, 2.24) is 0 Å². The van der Waals surface area contributed by atoms with Gasteiger partial charge in [-0.2, -0.15) is 0 Å². The summed E-state index contributed by atoms with van der Waals surface area (Å²) in [6, 6.07) is 5.49. The summed E-state index contributed by atoms with van der Waals surface area (Å²) in [5.74, 6) is 1.45. The second-order valence-electron chi connectivity index (χ2n) is 2.87. The van der Waals surface area contributed by atoms with E-state index in [1.807, 2.05) is 12.1 Å². The van der Waals surface area contributed by atoms with Crippen LogP contribution in [0.15, 0.2) is 23.2 Å². The topological polar surface area (TPSA) is 51.0 Å². The summed E-state index contributed by atoms with van der Waals surface area (Å²) in [5.41, 5.74) is 0.867. The van der Waals surface area contributed by atoms with E-state index in [4.69, 9.17) is 14.6 Å². The maximum absolute atomic E-state index is 8.59. The number of aliphatic imine (C=N–C) groups is 1. The number of aliphatic hydroxyl groups is 1. The molecule has 82 valence electrons. The Morgan fingerprint density at radius 1 is 1.33 bits per heavy atom. The first-order valence-corrected chi connectivity index (χ1v) is 4.64. The van der Waals surface area contributed by atoms with Gasteiger partial charge < -0.3 is 14.6 Å². The van der Waals surface area contributed by atoms with Gasteiger partial charge in [-0.15, -0.1) is 0 Å². The molecule has 0 radical (unpaired) electrons. The largest absolute Gasteiger partial charge is 0.497 e. The summed E-state index contributed by atoms with van der Waals surface area (Å²) >= 11 is 0. The monoisotopic (exact) mass is 209 g/mol. The molecule has 1 aromatic carbocycles. The molecule has 1 rings (SSSR count). The third-order valence-electron chi connectivity index (χ3n) is 1.90. The van der Waals surface area contributed by atoms with E-state index in [0.717, 1.165) is 11.3 Å². The summed E-state index contributed by atoms with van der Waals surface area (Å²) < 4.78 is 10.3. The van der Waals surface area contributed by atoms with Crippen molar-refractivity contribution < 1.29 is 14.6 Å². The van der Waals surface area contributed by atoms with Crippen molar-refractivity contribution in [2.24, 2.45) is 4.99 Å². The third-order valence-corrected chi connectivity index (χ3v) is 1.90. The predicted octanol–water partition coefficient (Wildman–Crippen LogP) is 1.11. The van der Waals surface area contributed by atoms with Crippen molar-refractivity contribution in [3.8, 4) is 11.5 Å². The van der Waals surface area contributed by atoms with Crippen molar-refractivity contribution >= 4 is 6.21 Å². The Labute approximate surface area is 89.2 Å². The van der Waals surface area contributed by atoms with Gasteiger partial charge in [0.1, 0.15) is 11.5 Å². The average Bonchev–Trinajstić information content (AvgIpc) is 2.29. The summed E-state index contributed by atoms with van der Waals surface area (Å²) in [6.45, 7) is 0.449. The van der Waals surface area contributed by atoms with Gasteiger partial charge in [-0.3, -0.25) is 4.99 Å². The van der Waals surface area contributed by atoms with Crippen LogP contribution < -0.4 is 9.47 Å². The second kappa shape index (κ2) is 6.03. The molecule has 0 saturated carbocycles. The molecule has 4 heteroatoms. The molecule has 0 spiro atoms. The summed E-state index contributed by atoms with van der Waals surface area (Å²) in [7, 11) is 3.20. The maximum atomic E-state index is 8.59. The van der Waals surface area contributed by atoms with Crippen LogP contribution in [0.5, 0.6) is 11.5 Å². The van der Waals surface area contributed by atoms with Crippen molar-refractivity contribution in [3.05, 3.63) is 23.8 Å². The lowest BCUT2D eigenvalue weighted by Gasteiger charge is -2.06. The lowest BCUT2D eigenvalue weighted by molar-refractivity contribution is 0.307. The predicted molar refractivity (Wildman–Crippen MR) is 59.1 cm³/mol. The molecule has 15 heavy (non-hydrogen) atoms. The van der Waals surface area contributed by atoms with E-state index >= 15 is 0 Å². The van der Waals surface area contributed by atoms with E-state index < -0.39 is 0 Å². The zero-order chi connectivity index (χ0) is 11.1. The van der Waals surface area contributed by atoms with Gasteiger partial charge in [0, 0.05) is 17.8 Å². The highest BCUT2D eigenvalue weighted by Crippen LogP contribution is 2.22. The summed E-state index contributed by atoms with van der Waals surface area (Å²) in [4.78, 5) is 4.03. The highest BCUT2D eigenvalue weighted by atomic mass is 16.5. The molecule has 0 saturated heterocycles. The highest BCUT2D eigenvalue weighted by molar-refractivity contribution is 5.83. The summed E-state index contributed by atoms with van der Waals surface area (Å²) in [5, 5.41) is 8.59. The number of nitrogens with zero attached hydrogens (tertiary/aromatic N) is 1. The quantitative estimate of drug-likeness (QED) is 0.739. The molecule has 0 heterocycles. The molecule has 1 aromatic rings. The molecule has 0 aliphatic heterocycles. The minimum Gasteiger partial charge on any atom is -0.497 e. The van der Waals surface area contributed by atoms with Crippen LogP contribution in [0.2, 0.25) is 0 Å². The average molecular weight is 209 g/mol. The molecule has 0 unspecified atom stereocenters.